The topological polar surface area (TPSA) is 3.24 Å². The normalized spacial score (nSPS) is 13.3. The molecule has 0 aliphatic rings. The summed E-state index contributed by atoms with van der Waals surface area (Å²) in [5.74, 6) is 0.829. The lowest BCUT2D eigenvalue weighted by Crippen LogP contribution is -2.20. The van der Waals surface area contributed by atoms with E-state index in [0.29, 0.717) is 0 Å². The van der Waals surface area contributed by atoms with Crippen LogP contribution in [0.25, 0.3) is 0 Å². The largest absolute Gasteiger partial charge is 0.301 e. The Balaban J connectivity index is 2.16. The smallest absolute Gasteiger partial charge is 0.0324 e. The molecule has 0 saturated heterocycles. The van der Waals surface area contributed by atoms with E-state index in [4.69, 9.17) is 0 Å². The first kappa shape index (κ1) is 13.2. The molecule has 0 aromatic carbocycles. The van der Waals surface area contributed by atoms with Crippen molar-refractivity contribution in [3.8, 4) is 0 Å². The lowest BCUT2D eigenvalue weighted by Gasteiger charge is -2.18. The number of hydrogen-bond acceptors (Lipinski definition) is 2. The number of thiophene rings is 1. The molecule has 0 fully saturated rings. The van der Waals surface area contributed by atoms with Crippen molar-refractivity contribution in [2.24, 2.45) is 5.92 Å². The zero-order valence-electron chi connectivity index (χ0n) is 9.58. The molecule has 1 aromatic heterocycles. The second-order valence-electron chi connectivity index (χ2n) is 4.19. The van der Waals surface area contributed by atoms with Crippen LogP contribution in [0, 0.1) is 5.92 Å². The highest BCUT2D eigenvalue weighted by Crippen LogP contribution is 2.13. The quantitative estimate of drug-likeness (QED) is 0.686. The maximum atomic E-state index is 3.49. The van der Waals surface area contributed by atoms with Gasteiger partial charge in [-0.05, 0) is 43.8 Å². The molecule has 1 atom stereocenters. The van der Waals surface area contributed by atoms with Gasteiger partial charge in [-0.2, -0.15) is 0 Å². The van der Waals surface area contributed by atoms with Crippen molar-refractivity contribution < 1.29 is 0 Å². The monoisotopic (exact) mass is 289 g/mol. The van der Waals surface area contributed by atoms with Crippen LogP contribution < -0.4 is 0 Å². The van der Waals surface area contributed by atoms with Crippen LogP contribution in [0.5, 0.6) is 0 Å². The van der Waals surface area contributed by atoms with Gasteiger partial charge in [-0.25, -0.2) is 0 Å². The fraction of sp³-hybridized carbons (Fsp3) is 0.667. The average molecular weight is 290 g/mol. The zero-order valence-corrected chi connectivity index (χ0v) is 12.0. The summed E-state index contributed by atoms with van der Waals surface area (Å²) in [5.41, 5.74) is 0. The van der Waals surface area contributed by atoms with Gasteiger partial charge in [0, 0.05) is 16.8 Å². The van der Waals surface area contributed by atoms with Crippen LogP contribution in [0.2, 0.25) is 0 Å². The maximum Gasteiger partial charge on any atom is 0.0324 e. The predicted molar refractivity (Wildman–Crippen MR) is 72.8 cm³/mol. The lowest BCUT2D eigenvalue weighted by molar-refractivity contribution is 0.299. The summed E-state index contributed by atoms with van der Waals surface area (Å²) >= 11 is 5.34. The van der Waals surface area contributed by atoms with Crippen molar-refractivity contribution in [2.75, 3.05) is 18.9 Å². The minimum atomic E-state index is 0.829. The average Bonchev–Trinajstić information content (AvgIpc) is 2.68. The first-order chi connectivity index (χ1) is 7.22. The van der Waals surface area contributed by atoms with E-state index in [1.165, 1.54) is 24.3 Å². The van der Waals surface area contributed by atoms with Crippen molar-refractivity contribution in [3.05, 3.63) is 22.4 Å². The Labute approximate surface area is 106 Å². The van der Waals surface area contributed by atoms with E-state index in [9.17, 15) is 0 Å². The van der Waals surface area contributed by atoms with Gasteiger partial charge in [-0.3, -0.25) is 0 Å². The molecule has 15 heavy (non-hydrogen) atoms. The second kappa shape index (κ2) is 7.42. The Bertz CT molecular complexity index is 248. The Morgan fingerprint density at radius 1 is 1.47 bits per heavy atom. The van der Waals surface area contributed by atoms with E-state index in [0.717, 1.165) is 17.8 Å². The van der Waals surface area contributed by atoms with Crippen molar-refractivity contribution >= 4 is 27.3 Å². The van der Waals surface area contributed by atoms with Gasteiger partial charge in [0.05, 0.1) is 0 Å². The van der Waals surface area contributed by atoms with Crippen molar-refractivity contribution in [3.63, 3.8) is 0 Å². The third-order valence-corrected chi connectivity index (χ3v) is 3.93. The van der Waals surface area contributed by atoms with E-state index in [-0.39, 0.29) is 0 Å². The minimum absolute atomic E-state index is 0.829. The van der Waals surface area contributed by atoms with Crippen molar-refractivity contribution in [2.45, 2.75) is 26.3 Å². The molecule has 86 valence electrons. The summed E-state index contributed by atoms with van der Waals surface area (Å²) in [5, 5.41) is 3.28. The molecule has 1 nitrogen and oxygen atoms in total. The van der Waals surface area contributed by atoms with Crippen LogP contribution in [0.3, 0.4) is 0 Å². The van der Waals surface area contributed by atoms with Crippen molar-refractivity contribution in [1.82, 2.24) is 4.90 Å². The van der Waals surface area contributed by atoms with Gasteiger partial charge in [0.1, 0.15) is 0 Å². The van der Waals surface area contributed by atoms with E-state index >= 15 is 0 Å². The molecule has 0 aliphatic carbocycles. The summed E-state index contributed by atoms with van der Waals surface area (Å²) in [4.78, 5) is 3.88. The molecule has 3 heteroatoms. The Morgan fingerprint density at radius 2 is 2.27 bits per heavy atom. The van der Waals surface area contributed by atoms with Gasteiger partial charge in [0.15, 0.2) is 0 Å². The molecule has 0 N–H and O–H groups in total. The van der Waals surface area contributed by atoms with E-state index in [1.807, 2.05) is 11.3 Å². The van der Waals surface area contributed by atoms with Crippen LogP contribution in [-0.4, -0.2) is 23.8 Å². The fourth-order valence-corrected chi connectivity index (χ4v) is 3.08. The second-order valence-corrected chi connectivity index (χ2v) is 6.01. The molecule has 0 amide bonds. The van der Waals surface area contributed by atoms with Gasteiger partial charge < -0.3 is 4.90 Å². The SMILES string of the molecule is CC(CCBr)CCN(C)Cc1cccs1. The number of alkyl halides is 1. The van der Waals surface area contributed by atoms with Gasteiger partial charge >= 0.3 is 0 Å². The zero-order chi connectivity index (χ0) is 11.1. The highest BCUT2D eigenvalue weighted by molar-refractivity contribution is 9.09. The number of hydrogen-bond donors (Lipinski definition) is 0. The summed E-state index contributed by atoms with van der Waals surface area (Å²) in [6.45, 7) is 4.63. The van der Waals surface area contributed by atoms with Gasteiger partial charge in [-0.1, -0.05) is 28.9 Å². The summed E-state index contributed by atoms with van der Waals surface area (Å²) in [7, 11) is 2.21. The molecule has 1 unspecified atom stereocenters. The van der Waals surface area contributed by atoms with Crippen LogP contribution >= 0.6 is 27.3 Å². The Hall–Kier alpha value is 0.140. The molecule has 0 radical (unpaired) electrons. The number of rotatable bonds is 7. The molecule has 0 saturated carbocycles. The van der Waals surface area contributed by atoms with Crippen LogP contribution in [0.15, 0.2) is 17.5 Å². The van der Waals surface area contributed by atoms with Gasteiger partial charge in [0.25, 0.3) is 0 Å². The van der Waals surface area contributed by atoms with E-state index in [2.05, 4.69) is 52.3 Å². The third-order valence-electron chi connectivity index (χ3n) is 2.61. The summed E-state index contributed by atoms with van der Waals surface area (Å²) < 4.78 is 0. The van der Waals surface area contributed by atoms with Crippen molar-refractivity contribution in [1.29, 1.82) is 0 Å². The molecule has 0 bridgehead atoms. The minimum Gasteiger partial charge on any atom is -0.301 e. The third kappa shape index (κ3) is 5.69. The van der Waals surface area contributed by atoms with E-state index < -0.39 is 0 Å². The highest BCUT2D eigenvalue weighted by Gasteiger charge is 2.05. The maximum absolute atomic E-state index is 3.49. The van der Waals surface area contributed by atoms with Gasteiger partial charge in [0.2, 0.25) is 0 Å². The Kier molecular flexibility index (Phi) is 6.53. The summed E-state index contributed by atoms with van der Waals surface area (Å²) in [6.07, 6.45) is 2.58. The first-order valence-corrected chi connectivity index (χ1v) is 7.49. The first-order valence-electron chi connectivity index (χ1n) is 5.49. The summed E-state index contributed by atoms with van der Waals surface area (Å²) in [6, 6.07) is 4.34. The number of nitrogens with zero attached hydrogens (tertiary/aromatic N) is 1. The molecule has 1 rings (SSSR count). The molecule has 1 aromatic rings. The number of halogens is 1. The predicted octanol–water partition coefficient (Wildman–Crippen LogP) is 3.99. The standard InChI is InChI=1S/C12H20BrNS/c1-11(5-7-13)6-8-14(2)10-12-4-3-9-15-12/h3-4,9,11H,5-8,10H2,1-2H3. The molecular weight excluding hydrogens is 270 g/mol. The fourth-order valence-electron chi connectivity index (χ4n) is 1.52. The van der Waals surface area contributed by atoms with Crippen LogP contribution in [0.1, 0.15) is 24.6 Å². The Morgan fingerprint density at radius 3 is 2.87 bits per heavy atom. The van der Waals surface area contributed by atoms with Gasteiger partial charge in [-0.15, -0.1) is 11.3 Å². The van der Waals surface area contributed by atoms with Crippen LogP contribution in [-0.2, 0) is 6.54 Å². The molecular formula is C12H20BrNS. The molecule has 1 heterocycles. The van der Waals surface area contributed by atoms with Crippen LogP contribution in [0.4, 0.5) is 0 Å². The highest BCUT2D eigenvalue weighted by atomic mass is 79.9. The lowest BCUT2D eigenvalue weighted by atomic mass is 10.1. The van der Waals surface area contributed by atoms with E-state index in [1.54, 1.807) is 0 Å². The molecule has 0 aliphatic heterocycles. The molecule has 0 spiro atoms.